The van der Waals surface area contributed by atoms with Gasteiger partial charge in [-0.15, -0.1) is 12.4 Å². The third kappa shape index (κ3) is 2.89. The number of nitrogens with one attached hydrogen (secondary N) is 1. The zero-order chi connectivity index (χ0) is 11.4. The van der Waals surface area contributed by atoms with Crippen molar-refractivity contribution in [2.75, 3.05) is 45.3 Å². The van der Waals surface area contributed by atoms with Crippen molar-refractivity contribution in [3.63, 3.8) is 0 Å². The summed E-state index contributed by atoms with van der Waals surface area (Å²) in [5.74, 6) is 1.88. The van der Waals surface area contributed by atoms with Crippen LogP contribution in [0.25, 0.3) is 0 Å². The topological polar surface area (TPSA) is 59.5 Å². The van der Waals surface area contributed by atoms with E-state index in [0.717, 1.165) is 32.0 Å². The van der Waals surface area contributed by atoms with Gasteiger partial charge in [0.05, 0.1) is 14.2 Å². The lowest BCUT2D eigenvalue weighted by Crippen LogP contribution is -2.44. The first-order valence-electron chi connectivity index (χ1n) is 5.25. The first-order chi connectivity index (χ1) is 7.86. The molecule has 17 heavy (non-hydrogen) atoms. The van der Waals surface area contributed by atoms with Crippen LogP contribution in [0, 0.1) is 0 Å². The van der Waals surface area contributed by atoms with Gasteiger partial charge >= 0.3 is 0 Å². The predicted molar refractivity (Wildman–Crippen MR) is 67.5 cm³/mol. The Kier molecular flexibility index (Phi) is 5.24. The van der Waals surface area contributed by atoms with Crippen molar-refractivity contribution in [1.82, 2.24) is 15.3 Å². The number of hydrogen-bond acceptors (Lipinski definition) is 6. The molecule has 1 saturated heterocycles. The van der Waals surface area contributed by atoms with Crippen molar-refractivity contribution < 1.29 is 9.47 Å². The molecule has 7 heteroatoms. The van der Waals surface area contributed by atoms with Crippen LogP contribution in [0.15, 0.2) is 6.33 Å². The van der Waals surface area contributed by atoms with Gasteiger partial charge in [-0.05, 0) is 0 Å². The van der Waals surface area contributed by atoms with E-state index in [1.54, 1.807) is 14.2 Å². The molecular formula is C10H17ClN4O2. The molecule has 1 N–H and O–H groups in total. The summed E-state index contributed by atoms with van der Waals surface area (Å²) in [5.41, 5.74) is 0. The molecule has 96 valence electrons. The molecule has 1 fully saturated rings. The van der Waals surface area contributed by atoms with Crippen LogP contribution in [-0.4, -0.2) is 50.4 Å². The standard InChI is InChI=1S/C10H16N4O2.ClH/c1-15-8-9(12-7-13-10(8)16-2)14-5-3-11-4-6-14;/h7,11H,3-6H2,1-2H3;1H. The van der Waals surface area contributed by atoms with Crippen LogP contribution in [0.5, 0.6) is 11.6 Å². The highest BCUT2D eigenvalue weighted by atomic mass is 35.5. The van der Waals surface area contributed by atoms with Gasteiger partial charge in [-0.3, -0.25) is 0 Å². The van der Waals surface area contributed by atoms with E-state index in [4.69, 9.17) is 9.47 Å². The first kappa shape index (κ1) is 13.8. The highest BCUT2D eigenvalue weighted by molar-refractivity contribution is 5.85. The van der Waals surface area contributed by atoms with Crippen LogP contribution in [0.2, 0.25) is 0 Å². The molecule has 0 unspecified atom stereocenters. The molecule has 0 aromatic carbocycles. The van der Waals surface area contributed by atoms with Crippen LogP contribution in [0.4, 0.5) is 5.82 Å². The first-order valence-corrected chi connectivity index (χ1v) is 5.25. The molecule has 1 aromatic rings. The Morgan fingerprint density at radius 3 is 2.47 bits per heavy atom. The highest BCUT2D eigenvalue weighted by Gasteiger charge is 2.20. The Hall–Kier alpha value is -1.27. The van der Waals surface area contributed by atoms with Gasteiger partial charge < -0.3 is 19.7 Å². The fourth-order valence-electron chi connectivity index (χ4n) is 1.77. The third-order valence-corrected chi connectivity index (χ3v) is 2.57. The number of rotatable bonds is 3. The maximum atomic E-state index is 5.31. The Balaban J connectivity index is 0.00000144. The molecule has 0 atom stereocenters. The van der Waals surface area contributed by atoms with Crippen molar-refractivity contribution in [1.29, 1.82) is 0 Å². The van der Waals surface area contributed by atoms with E-state index in [1.165, 1.54) is 6.33 Å². The van der Waals surface area contributed by atoms with Crippen molar-refractivity contribution in [3.05, 3.63) is 6.33 Å². The SMILES string of the molecule is COc1ncnc(N2CCNCC2)c1OC.Cl. The second-order valence-corrected chi connectivity index (χ2v) is 3.48. The zero-order valence-corrected chi connectivity index (χ0v) is 10.8. The maximum absolute atomic E-state index is 5.31. The normalized spacial score (nSPS) is 15.1. The number of piperazine rings is 1. The number of halogens is 1. The van der Waals surface area contributed by atoms with Crippen molar-refractivity contribution >= 4 is 18.2 Å². The van der Waals surface area contributed by atoms with Crippen molar-refractivity contribution in [3.8, 4) is 11.6 Å². The van der Waals surface area contributed by atoms with E-state index >= 15 is 0 Å². The number of anilines is 1. The number of hydrogen-bond donors (Lipinski definition) is 1. The van der Waals surface area contributed by atoms with Gasteiger partial charge in [0.2, 0.25) is 5.75 Å². The molecule has 1 aliphatic rings. The van der Waals surface area contributed by atoms with Crippen molar-refractivity contribution in [2.24, 2.45) is 0 Å². The summed E-state index contributed by atoms with van der Waals surface area (Å²) in [5, 5.41) is 3.29. The molecule has 0 bridgehead atoms. The minimum atomic E-state index is 0. The average molecular weight is 261 g/mol. The van der Waals surface area contributed by atoms with Gasteiger partial charge in [-0.25, -0.2) is 4.98 Å². The van der Waals surface area contributed by atoms with E-state index in [1.807, 2.05) is 0 Å². The van der Waals surface area contributed by atoms with Crippen molar-refractivity contribution in [2.45, 2.75) is 0 Å². The second kappa shape index (κ2) is 6.46. The van der Waals surface area contributed by atoms with E-state index in [0.29, 0.717) is 11.6 Å². The van der Waals surface area contributed by atoms with Crippen LogP contribution in [-0.2, 0) is 0 Å². The Bertz CT molecular complexity index is 358. The van der Waals surface area contributed by atoms with Gasteiger partial charge in [0.15, 0.2) is 5.82 Å². The molecular weight excluding hydrogens is 244 g/mol. The maximum Gasteiger partial charge on any atom is 0.262 e. The summed E-state index contributed by atoms with van der Waals surface area (Å²) >= 11 is 0. The molecule has 2 rings (SSSR count). The van der Waals surface area contributed by atoms with E-state index in [9.17, 15) is 0 Å². The zero-order valence-electron chi connectivity index (χ0n) is 9.97. The lowest BCUT2D eigenvalue weighted by atomic mass is 10.3. The molecule has 1 aliphatic heterocycles. The lowest BCUT2D eigenvalue weighted by molar-refractivity contribution is 0.340. The molecule has 0 amide bonds. The molecule has 0 spiro atoms. The van der Waals surface area contributed by atoms with Gasteiger partial charge in [0, 0.05) is 26.2 Å². The Morgan fingerprint density at radius 1 is 1.18 bits per heavy atom. The van der Waals surface area contributed by atoms with Crippen LogP contribution in [0.1, 0.15) is 0 Å². The molecule has 2 heterocycles. The quantitative estimate of drug-likeness (QED) is 0.845. The van der Waals surface area contributed by atoms with Gasteiger partial charge in [-0.1, -0.05) is 0 Å². The minimum Gasteiger partial charge on any atom is -0.489 e. The second-order valence-electron chi connectivity index (χ2n) is 3.48. The third-order valence-electron chi connectivity index (χ3n) is 2.57. The fraction of sp³-hybridized carbons (Fsp3) is 0.600. The molecule has 1 aromatic heterocycles. The van der Waals surface area contributed by atoms with Gasteiger partial charge in [0.25, 0.3) is 5.88 Å². The largest absolute Gasteiger partial charge is 0.489 e. The summed E-state index contributed by atoms with van der Waals surface area (Å²) in [4.78, 5) is 10.5. The lowest BCUT2D eigenvalue weighted by Gasteiger charge is -2.29. The summed E-state index contributed by atoms with van der Waals surface area (Å²) in [6.45, 7) is 3.73. The average Bonchev–Trinajstić information content (AvgIpc) is 2.38. The van der Waals surface area contributed by atoms with Crippen LogP contribution >= 0.6 is 12.4 Å². The molecule has 0 radical (unpaired) electrons. The smallest absolute Gasteiger partial charge is 0.262 e. The summed E-state index contributed by atoms with van der Waals surface area (Å²) in [6, 6.07) is 0. The van der Waals surface area contributed by atoms with E-state index in [-0.39, 0.29) is 12.4 Å². The Labute approximate surface area is 107 Å². The molecule has 0 aliphatic carbocycles. The molecule has 0 saturated carbocycles. The van der Waals surface area contributed by atoms with Gasteiger partial charge in [-0.2, -0.15) is 4.98 Å². The highest BCUT2D eigenvalue weighted by Crippen LogP contribution is 2.33. The monoisotopic (exact) mass is 260 g/mol. The number of methoxy groups -OCH3 is 2. The van der Waals surface area contributed by atoms with Gasteiger partial charge in [0.1, 0.15) is 6.33 Å². The summed E-state index contributed by atoms with van der Waals surface area (Å²) in [7, 11) is 3.18. The number of nitrogens with zero attached hydrogens (tertiary/aromatic N) is 3. The van der Waals surface area contributed by atoms with Crippen LogP contribution < -0.4 is 19.7 Å². The summed E-state index contributed by atoms with van der Waals surface area (Å²) in [6.07, 6.45) is 1.50. The number of ether oxygens (including phenoxy) is 2. The Morgan fingerprint density at radius 2 is 1.88 bits per heavy atom. The van der Waals surface area contributed by atoms with Crippen LogP contribution in [0.3, 0.4) is 0 Å². The van der Waals surface area contributed by atoms with E-state index in [2.05, 4.69) is 20.2 Å². The minimum absolute atomic E-state index is 0. The molecule has 6 nitrogen and oxygen atoms in total. The number of aromatic nitrogens is 2. The predicted octanol–water partition coefficient (Wildman–Crippen LogP) is 0.325. The fourth-order valence-corrected chi connectivity index (χ4v) is 1.77. The summed E-state index contributed by atoms with van der Waals surface area (Å²) < 4.78 is 10.5. The van der Waals surface area contributed by atoms with E-state index < -0.39 is 0 Å².